The summed E-state index contributed by atoms with van der Waals surface area (Å²) in [4.78, 5) is 5.35. The van der Waals surface area contributed by atoms with Gasteiger partial charge in [0.25, 0.3) is 0 Å². The summed E-state index contributed by atoms with van der Waals surface area (Å²) in [5.74, 6) is 0.405. The third-order valence-corrected chi connectivity index (χ3v) is 4.45. The first kappa shape index (κ1) is 15.7. The van der Waals surface area contributed by atoms with Crippen LogP contribution in [0.1, 0.15) is 54.7 Å². The van der Waals surface area contributed by atoms with Crippen molar-refractivity contribution in [2.75, 3.05) is 0 Å². The van der Waals surface area contributed by atoms with E-state index in [1.54, 1.807) is 18.3 Å². The fraction of sp³-hybridized carbons (Fsp3) is 0.350. The Hall–Kier alpha value is -2.16. The van der Waals surface area contributed by atoms with Crippen LogP contribution in [-0.2, 0) is 11.4 Å². The lowest BCUT2D eigenvalue weighted by Gasteiger charge is -2.23. The van der Waals surface area contributed by atoms with Gasteiger partial charge in [-0.25, -0.2) is 4.39 Å². The highest BCUT2D eigenvalue weighted by atomic mass is 19.1. The van der Waals surface area contributed by atoms with Crippen LogP contribution in [0, 0.1) is 5.82 Å². The normalized spacial score (nSPS) is 15.9. The summed E-state index contributed by atoms with van der Waals surface area (Å²) < 4.78 is 12.8. The van der Waals surface area contributed by atoms with Crippen molar-refractivity contribution >= 4 is 6.21 Å². The van der Waals surface area contributed by atoms with E-state index in [0.29, 0.717) is 12.5 Å². The quantitative estimate of drug-likeness (QED) is 0.533. The second-order valence-electron chi connectivity index (χ2n) is 6.10. The molecule has 3 heteroatoms. The number of hydrogen-bond donors (Lipinski definition) is 0. The summed E-state index contributed by atoms with van der Waals surface area (Å²) >= 11 is 0. The summed E-state index contributed by atoms with van der Waals surface area (Å²) in [6.07, 6.45) is 8.32. The average Bonchev–Trinajstić information content (AvgIpc) is 2.61. The smallest absolute Gasteiger partial charge is 0.142 e. The lowest BCUT2D eigenvalue weighted by atomic mass is 9.82. The molecule has 0 atom stereocenters. The van der Waals surface area contributed by atoms with E-state index in [-0.39, 0.29) is 5.82 Å². The Morgan fingerprint density at radius 3 is 2.52 bits per heavy atom. The minimum Gasteiger partial charge on any atom is -0.391 e. The topological polar surface area (TPSA) is 21.6 Å². The number of oxime groups is 1. The minimum absolute atomic E-state index is 0.237. The van der Waals surface area contributed by atoms with Gasteiger partial charge in [0.05, 0.1) is 6.21 Å². The fourth-order valence-electron chi connectivity index (χ4n) is 3.20. The molecule has 1 fully saturated rings. The number of rotatable bonds is 5. The van der Waals surface area contributed by atoms with E-state index < -0.39 is 0 Å². The zero-order chi connectivity index (χ0) is 15.9. The highest BCUT2D eigenvalue weighted by Crippen LogP contribution is 2.33. The van der Waals surface area contributed by atoms with Crippen LogP contribution in [0.25, 0.3) is 0 Å². The molecule has 0 heterocycles. The predicted molar refractivity (Wildman–Crippen MR) is 91.1 cm³/mol. The van der Waals surface area contributed by atoms with Crippen molar-refractivity contribution < 1.29 is 9.23 Å². The summed E-state index contributed by atoms with van der Waals surface area (Å²) in [7, 11) is 0. The lowest BCUT2D eigenvalue weighted by Crippen LogP contribution is -2.07. The molecular weight excluding hydrogens is 289 g/mol. The van der Waals surface area contributed by atoms with E-state index in [4.69, 9.17) is 4.84 Å². The Morgan fingerprint density at radius 1 is 1.00 bits per heavy atom. The SMILES string of the molecule is Fc1ccc(CON=Cc2ccccc2C2CCCCC2)cc1. The van der Waals surface area contributed by atoms with Gasteiger partial charge in [-0.05, 0) is 47.6 Å². The lowest BCUT2D eigenvalue weighted by molar-refractivity contribution is 0.132. The van der Waals surface area contributed by atoms with E-state index in [1.807, 2.05) is 6.07 Å². The van der Waals surface area contributed by atoms with Gasteiger partial charge in [0.1, 0.15) is 12.4 Å². The third-order valence-electron chi connectivity index (χ3n) is 4.45. The van der Waals surface area contributed by atoms with E-state index in [1.165, 1.54) is 49.8 Å². The first-order valence-electron chi connectivity index (χ1n) is 8.31. The molecule has 0 unspecified atom stereocenters. The molecule has 2 aromatic carbocycles. The van der Waals surface area contributed by atoms with Crippen molar-refractivity contribution in [1.82, 2.24) is 0 Å². The molecule has 0 N–H and O–H groups in total. The van der Waals surface area contributed by atoms with Crippen molar-refractivity contribution in [1.29, 1.82) is 0 Å². The second kappa shape index (κ2) is 7.91. The molecule has 0 amide bonds. The summed E-state index contributed by atoms with van der Waals surface area (Å²) in [6, 6.07) is 14.7. The van der Waals surface area contributed by atoms with Gasteiger partial charge in [0.15, 0.2) is 0 Å². The maximum atomic E-state index is 12.8. The Labute approximate surface area is 137 Å². The van der Waals surface area contributed by atoms with Gasteiger partial charge >= 0.3 is 0 Å². The molecule has 0 radical (unpaired) electrons. The van der Waals surface area contributed by atoms with Crippen molar-refractivity contribution in [3.8, 4) is 0 Å². The Bertz CT molecular complexity index is 645. The Kier molecular flexibility index (Phi) is 5.41. The van der Waals surface area contributed by atoms with Crippen LogP contribution in [0.15, 0.2) is 53.7 Å². The van der Waals surface area contributed by atoms with E-state index in [9.17, 15) is 4.39 Å². The second-order valence-corrected chi connectivity index (χ2v) is 6.10. The molecule has 0 spiro atoms. The standard InChI is InChI=1S/C20H22FNO/c21-19-12-10-16(11-13-19)15-23-22-14-18-8-4-5-9-20(18)17-6-2-1-3-7-17/h4-5,8-14,17H,1-3,6-7,15H2. The number of halogens is 1. The predicted octanol–water partition coefficient (Wildman–Crippen LogP) is 5.42. The van der Waals surface area contributed by atoms with Crippen LogP contribution in [0.5, 0.6) is 0 Å². The zero-order valence-corrected chi connectivity index (χ0v) is 13.2. The van der Waals surface area contributed by atoms with Crippen LogP contribution >= 0.6 is 0 Å². The Balaban J connectivity index is 1.61. The molecule has 3 rings (SSSR count). The molecular formula is C20H22FNO. The average molecular weight is 311 g/mol. The van der Waals surface area contributed by atoms with Crippen LogP contribution in [0.4, 0.5) is 4.39 Å². The molecule has 1 saturated carbocycles. The molecule has 0 aromatic heterocycles. The number of nitrogens with zero attached hydrogens (tertiary/aromatic N) is 1. The van der Waals surface area contributed by atoms with Crippen molar-refractivity contribution in [2.24, 2.45) is 5.16 Å². The summed E-state index contributed by atoms with van der Waals surface area (Å²) in [5.41, 5.74) is 3.42. The van der Waals surface area contributed by atoms with Crippen LogP contribution < -0.4 is 0 Å². The maximum Gasteiger partial charge on any atom is 0.142 e. The van der Waals surface area contributed by atoms with Gasteiger partial charge in [-0.2, -0.15) is 0 Å². The zero-order valence-electron chi connectivity index (χ0n) is 13.2. The van der Waals surface area contributed by atoms with Crippen molar-refractivity contribution in [3.05, 3.63) is 71.0 Å². The van der Waals surface area contributed by atoms with Gasteiger partial charge in [-0.3, -0.25) is 0 Å². The van der Waals surface area contributed by atoms with Gasteiger partial charge in [-0.15, -0.1) is 0 Å². The monoisotopic (exact) mass is 311 g/mol. The molecule has 2 nitrogen and oxygen atoms in total. The van der Waals surface area contributed by atoms with Crippen molar-refractivity contribution in [2.45, 2.75) is 44.6 Å². The van der Waals surface area contributed by atoms with Gasteiger partial charge in [0.2, 0.25) is 0 Å². The minimum atomic E-state index is -0.237. The van der Waals surface area contributed by atoms with Crippen molar-refractivity contribution in [3.63, 3.8) is 0 Å². The van der Waals surface area contributed by atoms with Crippen LogP contribution in [0.3, 0.4) is 0 Å². The van der Waals surface area contributed by atoms with Gasteiger partial charge < -0.3 is 4.84 Å². The molecule has 0 bridgehead atoms. The van der Waals surface area contributed by atoms with E-state index in [0.717, 1.165) is 11.1 Å². The number of hydrogen-bond acceptors (Lipinski definition) is 2. The molecule has 2 aromatic rings. The molecule has 120 valence electrons. The Morgan fingerprint density at radius 2 is 1.74 bits per heavy atom. The first-order valence-corrected chi connectivity index (χ1v) is 8.31. The van der Waals surface area contributed by atoms with E-state index >= 15 is 0 Å². The first-order chi connectivity index (χ1) is 11.3. The summed E-state index contributed by atoms with van der Waals surface area (Å²) in [6.45, 7) is 0.350. The van der Waals surface area contributed by atoms with Crippen LogP contribution in [0.2, 0.25) is 0 Å². The van der Waals surface area contributed by atoms with Gasteiger partial charge in [0, 0.05) is 0 Å². The molecule has 1 aliphatic rings. The summed E-state index contributed by atoms with van der Waals surface area (Å²) in [5, 5.41) is 4.10. The molecule has 1 aliphatic carbocycles. The molecule has 0 aliphatic heterocycles. The number of benzene rings is 2. The molecule has 23 heavy (non-hydrogen) atoms. The largest absolute Gasteiger partial charge is 0.391 e. The molecule has 0 saturated heterocycles. The van der Waals surface area contributed by atoms with Crippen LogP contribution in [-0.4, -0.2) is 6.21 Å². The van der Waals surface area contributed by atoms with E-state index in [2.05, 4.69) is 23.4 Å². The fourth-order valence-corrected chi connectivity index (χ4v) is 3.20. The highest BCUT2D eigenvalue weighted by molar-refractivity contribution is 5.81. The van der Waals surface area contributed by atoms with Gasteiger partial charge in [-0.1, -0.05) is 60.8 Å². The highest BCUT2D eigenvalue weighted by Gasteiger charge is 2.17. The maximum absolute atomic E-state index is 12.8. The third kappa shape index (κ3) is 4.41.